The number of carbonyl (C=O) groups excluding carboxylic acids is 2. The lowest BCUT2D eigenvalue weighted by atomic mass is 10.2. The van der Waals surface area contributed by atoms with Crippen molar-refractivity contribution in [2.45, 2.75) is 13.8 Å². The molecule has 1 fully saturated rings. The molecular formula is C16H22N2O4. The molecule has 1 amide bonds. The Morgan fingerprint density at radius 3 is 2.09 bits per heavy atom. The predicted octanol–water partition coefficient (Wildman–Crippen LogP) is 2.14. The molecule has 2 rings (SSSR count). The maximum Gasteiger partial charge on any atom is 0.409 e. The summed E-state index contributed by atoms with van der Waals surface area (Å²) in [5.41, 5.74) is 1.59. The van der Waals surface area contributed by atoms with Crippen molar-refractivity contribution >= 4 is 17.7 Å². The highest BCUT2D eigenvalue weighted by molar-refractivity contribution is 5.89. The number of ether oxygens (including phenoxy) is 2. The summed E-state index contributed by atoms with van der Waals surface area (Å²) in [7, 11) is 0. The number of anilines is 1. The van der Waals surface area contributed by atoms with Crippen LogP contribution in [0.3, 0.4) is 0 Å². The average Bonchev–Trinajstić information content (AvgIpc) is 2.55. The van der Waals surface area contributed by atoms with Crippen LogP contribution in [-0.4, -0.2) is 56.4 Å². The fourth-order valence-electron chi connectivity index (χ4n) is 2.38. The third-order valence-electron chi connectivity index (χ3n) is 3.55. The van der Waals surface area contributed by atoms with Gasteiger partial charge in [-0.15, -0.1) is 0 Å². The van der Waals surface area contributed by atoms with Crippen molar-refractivity contribution in [2.24, 2.45) is 0 Å². The molecule has 1 aromatic carbocycles. The van der Waals surface area contributed by atoms with Crippen LogP contribution in [0.25, 0.3) is 0 Å². The van der Waals surface area contributed by atoms with Gasteiger partial charge in [-0.1, -0.05) is 0 Å². The summed E-state index contributed by atoms with van der Waals surface area (Å²) in [6.45, 7) is 7.13. The molecule has 0 spiro atoms. The van der Waals surface area contributed by atoms with Crippen molar-refractivity contribution in [3.8, 4) is 0 Å². The van der Waals surface area contributed by atoms with Crippen LogP contribution in [-0.2, 0) is 9.47 Å². The number of hydrogen-bond donors (Lipinski definition) is 0. The molecule has 22 heavy (non-hydrogen) atoms. The highest BCUT2D eigenvalue weighted by Crippen LogP contribution is 2.18. The van der Waals surface area contributed by atoms with E-state index in [-0.39, 0.29) is 12.1 Å². The third kappa shape index (κ3) is 3.90. The van der Waals surface area contributed by atoms with Crippen LogP contribution in [0.1, 0.15) is 24.2 Å². The molecule has 0 radical (unpaired) electrons. The zero-order valence-corrected chi connectivity index (χ0v) is 13.1. The number of benzene rings is 1. The molecule has 0 N–H and O–H groups in total. The highest BCUT2D eigenvalue weighted by atomic mass is 16.6. The van der Waals surface area contributed by atoms with Gasteiger partial charge in [0.05, 0.1) is 18.8 Å². The van der Waals surface area contributed by atoms with Crippen molar-refractivity contribution in [1.82, 2.24) is 4.90 Å². The Kier molecular flexibility index (Phi) is 5.63. The van der Waals surface area contributed by atoms with E-state index in [4.69, 9.17) is 9.47 Å². The van der Waals surface area contributed by atoms with E-state index in [0.717, 1.165) is 18.8 Å². The molecule has 1 aliphatic rings. The van der Waals surface area contributed by atoms with Crippen molar-refractivity contribution in [1.29, 1.82) is 0 Å². The zero-order chi connectivity index (χ0) is 15.9. The highest BCUT2D eigenvalue weighted by Gasteiger charge is 2.22. The lowest BCUT2D eigenvalue weighted by molar-refractivity contribution is 0.0526. The molecule has 0 aliphatic carbocycles. The molecule has 0 unspecified atom stereocenters. The lowest BCUT2D eigenvalue weighted by Gasteiger charge is -2.35. The van der Waals surface area contributed by atoms with Gasteiger partial charge in [-0.3, -0.25) is 0 Å². The summed E-state index contributed by atoms with van der Waals surface area (Å²) >= 11 is 0. The van der Waals surface area contributed by atoms with Gasteiger partial charge < -0.3 is 19.3 Å². The van der Waals surface area contributed by atoms with Gasteiger partial charge in [-0.25, -0.2) is 9.59 Å². The first kappa shape index (κ1) is 16.1. The van der Waals surface area contributed by atoms with Crippen LogP contribution in [0.5, 0.6) is 0 Å². The van der Waals surface area contributed by atoms with Crippen LogP contribution in [0.15, 0.2) is 24.3 Å². The average molecular weight is 306 g/mol. The fourth-order valence-corrected chi connectivity index (χ4v) is 2.38. The van der Waals surface area contributed by atoms with E-state index in [9.17, 15) is 9.59 Å². The first-order valence-corrected chi connectivity index (χ1v) is 7.59. The van der Waals surface area contributed by atoms with Crippen LogP contribution in [0.4, 0.5) is 10.5 Å². The molecule has 0 bridgehead atoms. The molecule has 0 saturated carbocycles. The van der Waals surface area contributed by atoms with Crippen molar-refractivity contribution < 1.29 is 19.1 Å². The number of nitrogens with zero attached hydrogens (tertiary/aromatic N) is 2. The van der Waals surface area contributed by atoms with Gasteiger partial charge in [-0.05, 0) is 38.1 Å². The maximum atomic E-state index is 11.7. The molecule has 0 atom stereocenters. The van der Waals surface area contributed by atoms with E-state index in [2.05, 4.69) is 4.90 Å². The molecule has 1 aliphatic heterocycles. The number of hydrogen-bond acceptors (Lipinski definition) is 5. The number of esters is 1. The molecule has 1 heterocycles. The molecular weight excluding hydrogens is 284 g/mol. The van der Waals surface area contributed by atoms with E-state index in [0.29, 0.717) is 31.9 Å². The van der Waals surface area contributed by atoms with E-state index in [1.165, 1.54) is 0 Å². The Bertz CT molecular complexity index is 507. The second-order valence-electron chi connectivity index (χ2n) is 4.94. The van der Waals surface area contributed by atoms with E-state index in [1.54, 1.807) is 30.9 Å². The van der Waals surface area contributed by atoms with Crippen molar-refractivity contribution in [3.63, 3.8) is 0 Å². The Balaban J connectivity index is 1.91. The standard InChI is InChI=1S/C16H22N2O4/c1-3-21-15(19)13-5-7-14(8-6-13)17-9-11-18(12-10-17)16(20)22-4-2/h5-8H,3-4,9-12H2,1-2H3. The largest absolute Gasteiger partial charge is 0.462 e. The van der Waals surface area contributed by atoms with Gasteiger partial charge in [0.1, 0.15) is 0 Å². The first-order valence-electron chi connectivity index (χ1n) is 7.59. The number of amides is 1. The van der Waals surface area contributed by atoms with Crippen molar-refractivity contribution in [3.05, 3.63) is 29.8 Å². The maximum absolute atomic E-state index is 11.7. The van der Waals surface area contributed by atoms with E-state index in [1.807, 2.05) is 12.1 Å². The monoisotopic (exact) mass is 306 g/mol. The molecule has 6 heteroatoms. The van der Waals surface area contributed by atoms with Crippen LogP contribution in [0.2, 0.25) is 0 Å². The summed E-state index contributed by atoms with van der Waals surface area (Å²) in [5.74, 6) is -0.304. The summed E-state index contributed by atoms with van der Waals surface area (Å²) in [6, 6.07) is 7.36. The van der Waals surface area contributed by atoms with E-state index < -0.39 is 0 Å². The van der Waals surface area contributed by atoms with Gasteiger partial charge in [-0.2, -0.15) is 0 Å². The zero-order valence-electron chi connectivity index (χ0n) is 13.1. The summed E-state index contributed by atoms with van der Waals surface area (Å²) < 4.78 is 9.97. The van der Waals surface area contributed by atoms with Crippen molar-refractivity contribution in [2.75, 3.05) is 44.3 Å². The van der Waals surface area contributed by atoms with Crippen LogP contribution in [0, 0.1) is 0 Å². The normalized spacial score (nSPS) is 14.6. The predicted molar refractivity (Wildman–Crippen MR) is 83.2 cm³/mol. The number of rotatable bonds is 4. The summed E-state index contributed by atoms with van der Waals surface area (Å²) in [6.07, 6.45) is -0.250. The third-order valence-corrected chi connectivity index (χ3v) is 3.55. The quantitative estimate of drug-likeness (QED) is 0.798. The second kappa shape index (κ2) is 7.68. The Morgan fingerprint density at radius 2 is 1.55 bits per heavy atom. The smallest absolute Gasteiger partial charge is 0.409 e. The first-order chi connectivity index (χ1) is 10.7. The Hall–Kier alpha value is -2.24. The topological polar surface area (TPSA) is 59.1 Å². The molecule has 1 saturated heterocycles. The molecule has 1 aromatic rings. The van der Waals surface area contributed by atoms with Gasteiger partial charge >= 0.3 is 12.1 Å². The number of carbonyl (C=O) groups is 2. The Labute approximate surface area is 130 Å². The van der Waals surface area contributed by atoms with Gasteiger partial charge in [0.2, 0.25) is 0 Å². The molecule has 120 valence electrons. The minimum atomic E-state index is -0.304. The minimum Gasteiger partial charge on any atom is -0.462 e. The van der Waals surface area contributed by atoms with Gasteiger partial charge in [0.15, 0.2) is 0 Å². The molecule has 6 nitrogen and oxygen atoms in total. The van der Waals surface area contributed by atoms with Gasteiger partial charge in [0, 0.05) is 31.9 Å². The Morgan fingerprint density at radius 1 is 0.955 bits per heavy atom. The van der Waals surface area contributed by atoms with Crippen LogP contribution < -0.4 is 4.90 Å². The SMILES string of the molecule is CCOC(=O)c1ccc(N2CCN(C(=O)OCC)CC2)cc1. The summed E-state index contributed by atoms with van der Waals surface area (Å²) in [4.78, 5) is 27.2. The fraction of sp³-hybridized carbons (Fsp3) is 0.500. The molecule has 0 aromatic heterocycles. The minimum absolute atomic E-state index is 0.250. The second-order valence-corrected chi connectivity index (χ2v) is 4.94. The van der Waals surface area contributed by atoms with Gasteiger partial charge in [0.25, 0.3) is 0 Å². The summed E-state index contributed by atoms with van der Waals surface area (Å²) in [5, 5.41) is 0. The lowest BCUT2D eigenvalue weighted by Crippen LogP contribution is -2.49. The van der Waals surface area contributed by atoms with Crippen LogP contribution >= 0.6 is 0 Å². The number of piperazine rings is 1. The van der Waals surface area contributed by atoms with E-state index >= 15 is 0 Å².